The van der Waals surface area contributed by atoms with Crippen LogP contribution in [0.3, 0.4) is 0 Å². The van der Waals surface area contributed by atoms with E-state index in [4.69, 9.17) is 4.74 Å². The van der Waals surface area contributed by atoms with Gasteiger partial charge in [-0.1, -0.05) is 48.9 Å². The zero-order valence-electron chi connectivity index (χ0n) is 19.5. The van der Waals surface area contributed by atoms with Gasteiger partial charge in [0.15, 0.2) is 0 Å². The fourth-order valence-electron chi connectivity index (χ4n) is 4.16. The zero-order valence-corrected chi connectivity index (χ0v) is 19.5. The number of nitrogens with zero attached hydrogens (tertiary/aromatic N) is 3. The van der Waals surface area contributed by atoms with Crippen molar-refractivity contribution in [3.8, 4) is 5.75 Å². The number of likely N-dealkylation sites (tertiary alicyclic amines) is 1. The molecule has 0 aliphatic carbocycles. The molecule has 176 valence electrons. The second kappa shape index (κ2) is 10.4. The number of carbonyl (C=O) groups excluding carboxylic acids is 2. The molecule has 4 rings (SSSR count). The number of aromatic nitrogens is 2. The summed E-state index contributed by atoms with van der Waals surface area (Å²) in [6.45, 7) is 5.56. The molecular formula is C27H29N3O4. The largest absolute Gasteiger partial charge is 0.507 e. The summed E-state index contributed by atoms with van der Waals surface area (Å²) in [5.74, 6) is -0.784. The Morgan fingerprint density at radius 1 is 1.12 bits per heavy atom. The number of hydrogen-bond acceptors (Lipinski definition) is 5. The maximum Gasteiger partial charge on any atom is 0.295 e. The Morgan fingerprint density at radius 2 is 1.91 bits per heavy atom. The first-order chi connectivity index (χ1) is 16.5. The van der Waals surface area contributed by atoms with Crippen molar-refractivity contribution < 1.29 is 19.4 Å². The molecule has 1 aliphatic heterocycles. The van der Waals surface area contributed by atoms with E-state index in [-0.39, 0.29) is 11.3 Å². The van der Waals surface area contributed by atoms with Crippen LogP contribution in [0.15, 0.2) is 72.8 Å². The average molecular weight is 460 g/mol. The summed E-state index contributed by atoms with van der Waals surface area (Å²) in [5, 5.41) is 11.2. The van der Waals surface area contributed by atoms with Gasteiger partial charge in [-0.05, 0) is 37.5 Å². The quantitative estimate of drug-likeness (QED) is 0.289. The van der Waals surface area contributed by atoms with Crippen LogP contribution in [-0.4, -0.2) is 44.4 Å². The molecule has 0 spiro atoms. The van der Waals surface area contributed by atoms with Crippen molar-refractivity contribution in [3.63, 3.8) is 0 Å². The van der Waals surface area contributed by atoms with E-state index in [1.165, 1.54) is 0 Å². The first-order valence-electron chi connectivity index (χ1n) is 11.5. The van der Waals surface area contributed by atoms with Crippen LogP contribution >= 0.6 is 0 Å². The minimum atomic E-state index is -0.700. The van der Waals surface area contributed by atoms with Crippen LogP contribution < -0.4 is 4.74 Å². The number of Topliss-reactive ketones (excluding diaryl/α,β-unsaturated/α-hetero) is 1. The van der Waals surface area contributed by atoms with Gasteiger partial charge >= 0.3 is 0 Å². The smallest absolute Gasteiger partial charge is 0.295 e. The van der Waals surface area contributed by atoms with E-state index in [0.717, 1.165) is 17.5 Å². The molecule has 0 radical (unpaired) electrons. The highest BCUT2D eigenvalue weighted by Gasteiger charge is 2.45. The number of amides is 1. The van der Waals surface area contributed by atoms with Crippen molar-refractivity contribution in [2.75, 3.05) is 13.2 Å². The van der Waals surface area contributed by atoms with Crippen molar-refractivity contribution in [3.05, 3.63) is 89.5 Å². The number of rotatable bonds is 9. The molecule has 1 aromatic heterocycles. The van der Waals surface area contributed by atoms with Gasteiger partial charge in [0, 0.05) is 31.0 Å². The van der Waals surface area contributed by atoms with E-state index in [1.807, 2.05) is 61.0 Å². The highest BCUT2D eigenvalue weighted by atomic mass is 16.5. The van der Waals surface area contributed by atoms with E-state index < -0.39 is 17.7 Å². The minimum absolute atomic E-state index is 0.101. The first-order valence-corrected chi connectivity index (χ1v) is 11.5. The summed E-state index contributed by atoms with van der Waals surface area (Å²) in [6.07, 6.45) is 6.78. The van der Waals surface area contributed by atoms with E-state index >= 15 is 0 Å². The van der Waals surface area contributed by atoms with Gasteiger partial charge in [-0.3, -0.25) is 9.59 Å². The molecule has 34 heavy (non-hydrogen) atoms. The number of aliphatic hydroxyl groups excluding tert-OH is 1. The number of hydrogen-bond donors (Lipinski definition) is 1. The summed E-state index contributed by atoms with van der Waals surface area (Å²) in [4.78, 5) is 31.9. The van der Waals surface area contributed by atoms with Gasteiger partial charge in [-0.2, -0.15) is 0 Å². The molecule has 7 heteroatoms. The van der Waals surface area contributed by atoms with Gasteiger partial charge in [0.1, 0.15) is 11.5 Å². The minimum Gasteiger partial charge on any atom is -0.507 e. The number of ether oxygens (including phenoxy) is 1. The lowest BCUT2D eigenvalue weighted by Crippen LogP contribution is -2.31. The molecule has 1 saturated heterocycles. The molecule has 2 aromatic carbocycles. The molecular weight excluding hydrogens is 430 g/mol. The standard InChI is InChI=1S/C27H29N3O4/c1-3-16-34-22-7-4-6-21(17-22)24-23(25(31)20-10-8-19(2)9-11-20)26(32)27(33)30(24)14-5-13-29-15-12-28-18-29/h4,6-12,15,17-18,24,31H,3,5,13-14,16H2,1-2H3/t24-/m1/s1. The van der Waals surface area contributed by atoms with Crippen LogP contribution in [0.25, 0.3) is 5.76 Å². The third kappa shape index (κ3) is 4.88. The Kier molecular flexibility index (Phi) is 7.11. The molecule has 1 atom stereocenters. The highest BCUT2D eigenvalue weighted by molar-refractivity contribution is 6.46. The number of benzene rings is 2. The molecule has 1 fully saturated rings. The van der Waals surface area contributed by atoms with Gasteiger partial charge < -0.3 is 19.3 Å². The SMILES string of the molecule is CCCOc1cccc([C@@H]2C(=C(O)c3ccc(C)cc3)C(=O)C(=O)N2CCCn2ccnc2)c1. The third-order valence-corrected chi connectivity index (χ3v) is 5.89. The highest BCUT2D eigenvalue weighted by Crippen LogP contribution is 2.40. The predicted molar refractivity (Wildman–Crippen MR) is 129 cm³/mol. The molecule has 1 aliphatic rings. The Hall–Kier alpha value is -3.87. The second-order valence-corrected chi connectivity index (χ2v) is 8.43. The van der Waals surface area contributed by atoms with E-state index in [0.29, 0.717) is 37.4 Å². The summed E-state index contributed by atoms with van der Waals surface area (Å²) < 4.78 is 7.72. The maximum atomic E-state index is 13.2. The van der Waals surface area contributed by atoms with E-state index in [2.05, 4.69) is 4.98 Å². The Morgan fingerprint density at radius 3 is 2.62 bits per heavy atom. The normalized spacial score (nSPS) is 17.4. The van der Waals surface area contributed by atoms with Crippen LogP contribution in [0.1, 0.15) is 42.5 Å². The van der Waals surface area contributed by atoms with Crippen LogP contribution in [0.2, 0.25) is 0 Å². The lowest BCUT2D eigenvalue weighted by molar-refractivity contribution is -0.139. The van der Waals surface area contributed by atoms with Gasteiger partial charge in [0.25, 0.3) is 11.7 Å². The van der Waals surface area contributed by atoms with Gasteiger partial charge in [0.05, 0.1) is 24.5 Å². The molecule has 1 N–H and O–H groups in total. The molecule has 7 nitrogen and oxygen atoms in total. The summed E-state index contributed by atoms with van der Waals surface area (Å²) >= 11 is 0. The summed E-state index contributed by atoms with van der Waals surface area (Å²) in [6, 6.07) is 14.0. The van der Waals surface area contributed by atoms with Gasteiger partial charge in [0.2, 0.25) is 0 Å². The Balaban J connectivity index is 1.73. The fraction of sp³-hybridized carbons (Fsp3) is 0.296. The second-order valence-electron chi connectivity index (χ2n) is 8.43. The van der Waals surface area contributed by atoms with E-state index in [9.17, 15) is 14.7 Å². The summed E-state index contributed by atoms with van der Waals surface area (Å²) in [5.41, 5.74) is 2.37. The Labute approximate surface area is 199 Å². The number of aliphatic hydroxyl groups is 1. The molecule has 1 amide bonds. The predicted octanol–water partition coefficient (Wildman–Crippen LogP) is 4.49. The fourth-order valence-corrected chi connectivity index (χ4v) is 4.16. The van der Waals surface area contributed by atoms with Crippen LogP contribution in [-0.2, 0) is 16.1 Å². The first kappa shape index (κ1) is 23.3. The van der Waals surface area contributed by atoms with Gasteiger partial charge in [-0.15, -0.1) is 0 Å². The number of imidazole rings is 1. The number of ketones is 1. The molecule has 0 saturated carbocycles. The molecule has 0 unspecified atom stereocenters. The van der Waals surface area contributed by atoms with Crippen LogP contribution in [0.4, 0.5) is 0 Å². The number of aryl methyl sites for hydroxylation is 2. The van der Waals surface area contributed by atoms with Crippen molar-refractivity contribution in [2.24, 2.45) is 0 Å². The summed E-state index contributed by atoms with van der Waals surface area (Å²) in [7, 11) is 0. The monoisotopic (exact) mass is 459 g/mol. The van der Waals surface area contributed by atoms with E-state index in [1.54, 1.807) is 29.6 Å². The van der Waals surface area contributed by atoms with Crippen molar-refractivity contribution in [1.29, 1.82) is 0 Å². The van der Waals surface area contributed by atoms with Crippen molar-refractivity contribution >= 4 is 17.4 Å². The Bertz CT molecular complexity index is 1180. The van der Waals surface area contributed by atoms with Crippen molar-refractivity contribution in [1.82, 2.24) is 14.5 Å². The van der Waals surface area contributed by atoms with Crippen LogP contribution in [0.5, 0.6) is 5.75 Å². The van der Waals surface area contributed by atoms with Gasteiger partial charge in [-0.25, -0.2) is 4.98 Å². The zero-order chi connectivity index (χ0) is 24.1. The lowest BCUT2D eigenvalue weighted by Gasteiger charge is -2.26. The van der Waals surface area contributed by atoms with Crippen LogP contribution in [0, 0.1) is 6.92 Å². The average Bonchev–Trinajstić information content (AvgIpc) is 3.45. The third-order valence-electron chi connectivity index (χ3n) is 5.89. The number of carbonyl (C=O) groups is 2. The topological polar surface area (TPSA) is 84.7 Å². The molecule has 3 aromatic rings. The molecule has 2 heterocycles. The lowest BCUT2D eigenvalue weighted by atomic mass is 9.95. The van der Waals surface area contributed by atoms with Crippen molar-refractivity contribution in [2.45, 2.75) is 39.3 Å². The molecule has 0 bridgehead atoms. The maximum absolute atomic E-state index is 13.2.